The van der Waals surface area contributed by atoms with Crippen molar-refractivity contribution < 1.29 is 4.79 Å². The van der Waals surface area contributed by atoms with Gasteiger partial charge in [0.1, 0.15) is 10.6 Å². The van der Waals surface area contributed by atoms with Gasteiger partial charge in [-0.15, -0.1) is 11.3 Å². The number of nitrogens with zero attached hydrogens (tertiary/aromatic N) is 1. The minimum Gasteiger partial charge on any atom is -0.301 e. The van der Waals surface area contributed by atoms with E-state index in [0.717, 1.165) is 16.7 Å². The molecular formula is C17H15ClN2O2S2. The van der Waals surface area contributed by atoms with Crippen molar-refractivity contribution in [3.63, 3.8) is 0 Å². The lowest BCUT2D eigenvalue weighted by Crippen LogP contribution is -2.09. The van der Waals surface area contributed by atoms with Crippen molar-refractivity contribution in [2.45, 2.75) is 25.4 Å². The number of thioether (sulfide) groups is 1. The van der Waals surface area contributed by atoms with Crippen LogP contribution in [0.5, 0.6) is 0 Å². The Labute approximate surface area is 152 Å². The molecule has 0 aliphatic rings. The number of Topliss-reactive ketones (excluding diaryl/α,β-unsaturated/α-hetero) is 1. The van der Waals surface area contributed by atoms with Crippen molar-refractivity contribution in [2.24, 2.45) is 0 Å². The SMILES string of the molecule is CC(=O)CCSc1nc2scc(-c3ccc(Cl)c(C)c3)c2c(=O)[nH]1. The van der Waals surface area contributed by atoms with E-state index in [-0.39, 0.29) is 11.3 Å². The number of thiophene rings is 1. The van der Waals surface area contributed by atoms with Crippen LogP contribution in [0.1, 0.15) is 18.9 Å². The number of aromatic amines is 1. The number of carbonyl (C=O) groups is 1. The van der Waals surface area contributed by atoms with Gasteiger partial charge in [-0.2, -0.15) is 0 Å². The number of nitrogens with one attached hydrogen (secondary N) is 1. The molecule has 2 aromatic heterocycles. The molecule has 0 spiro atoms. The number of hydrogen-bond donors (Lipinski definition) is 1. The minimum atomic E-state index is -0.158. The maximum atomic E-state index is 12.5. The molecule has 0 radical (unpaired) electrons. The number of rotatable bonds is 5. The van der Waals surface area contributed by atoms with Gasteiger partial charge in [0.05, 0.1) is 5.39 Å². The van der Waals surface area contributed by atoms with Gasteiger partial charge in [-0.3, -0.25) is 9.59 Å². The molecule has 0 aliphatic heterocycles. The Morgan fingerprint density at radius 2 is 2.21 bits per heavy atom. The lowest BCUT2D eigenvalue weighted by atomic mass is 10.0. The molecular weight excluding hydrogens is 364 g/mol. The van der Waals surface area contributed by atoms with Gasteiger partial charge in [-0.25, -0.2) is 4.98 Å². The Balaban J connectivity index is 1.99. The number of fused-ring (bicyclic) bond motifs is 1. The van der Waals surface area contributed by atoms with Crippen LogP contribution in [0, 0.1) is 6.92 Å². The molecule has 0 bridgehead atoms. The van der Waals surface area contributed by atoms with Crippen LogP contribution in [-0.2, 0) is 4.79 Å². The monoisotopic (exact) mass is 378 g/mol. The zero-order chi connectivity index (χ0) is 17.3. The highest BCUT2D eigenvalue weighted by Gasteiger charge is 2.14. The predicted molar refractivity (Wildman–Crippen MR) is 101 cm³/mol. The fraction of sp³-hybridized carbons (Fsp3) is 0.235. The van der Waals surface area contributed by atoms with Gasteiger partial charge in [-0.1, -0.05) is 29.4 Å². The van der Waals surface area contributed by atoms with Gasteiger partial charge in [0.2, 0.25) is 0 Å². The molecule has 2 heterocycles. The number of halogens is 1. The Morgan fingerprint density at radius 3 is 2.92 bits per heavy atom. The van der Waals surface area contributed by atoms with Gasteiger partial charge in [0.15, 0.2) is 5.16 Å². The molecule has 0 saturated carbocycles. The smallest absolute Gasteiger partial charge is 0.260 e. The summed E-state index contributed by atoms with van der Waals surface area (Å²) in [5.41, 5.74) is 2.62. The maximum absolute atomic E-state index is 12.5. The molecule has 3 rings (SSSR count). The topological polar surface area (TPSA) is 62.8 Å². The van der Waals surface area contributed by atoms with Crippen molar-refractivity contribution in [1.29, 1.82) is 0 Å². The summed E-state index contributed by atoms with van der Waals surface area (Å²) in [6.07, 6.45) is 0.464. The minimum absolute atomic E-state index is 0.127. The van der Waals surface area contributed by atoms with Crippen LogP contribution in [0.3, 0.4) is 0 Å². The average molecular weight is 379 g/mol. The first kappa shape index (κ1) is 17.2. The van der Waals surface area contributed by atoms with Crippen molar-refractivity contribution in [3.8, 4) is 11.1 Å². The van der Waals surface area contributed by atoms with Crippen LogP contribution < -0.4 is 5.56 Å². The maximum Gasteiger partial charge on any atom is 0.260 e. The highest BCUT2D eigenvalue weighted by molar-refractivity contribution is 7.99. The summed E-state index contributed by atoms with van der Waals surface area (Å²) in [6.45, 7) is 3.49. The highest BCUT2D eigenvalue weighted by atomic mass is 35.5. The largest absolute Gasteiger partial charge is 0.301 e. The number of carbonyl (C=O) groups excluding carboxylic acids is 1. The van der Waals surface area contributed by atoms with Crippen LogP contribution in [0.15, 0.2) is 33.5 Å². The molecule has 1 aromatic carbocycles. The van der Waals surface area contributed by atoms with Gasteiger partial charge >= 0.3 is 0 Å². The van der Waals surface area contributed by atoms with E-state index < -0.39 is 0 Å². The fourth-order valence-corrected chi connectivity index (χ4v) is 4.34. The molecule has 3 aromatic rings. The normalized spacial score (nSPS) is 11.1. The summed E-state index contributed by atoms with van der Waals surface area (Å²) in [5, 5.41) is 3.79. The Morgan fingerprint density at radius 1 is 1.42 bits per heavy atom. The molecule has 24 heavy (non-hydrogen) atoms. The number of benzene rings is 1. The van der Waals surface area contributed by atoms with E-state index in [9.17, 15) is 9.59 Å². The molecule has 0 atom stereocenters. The first-order valence-electron chi connectivity index (χ1n) is 7.36. The predicted octanol–water partition coefficient (Wildman–Crippen LogP) is 4.68. The Hall–Kier alpha value is -1.63. The van der Waals surface area contributed by atoms with Crippen molar-refractivity contribution >= 4 is 50.7 Å². The van der Waals surface area contributed by atoms with Gasteiger partial charge in [0.25, 0.3) is 5.56 Å². The summed E-state index contributed by atoms with van der Waals surface area (Å²) >= 11 is 8.91. The molecule has 0 unspecified atom stereocenters. The second kappa shape index (κ2) is 7.09. The first-order chi connectivity index (χ1) is 11.5. The molecule has 0 fully saturated rings. The fourth-order valence-electron chi connectivity index (χ4n) is 2.31. The Bertz CT molecular complexity index is 978. The van der Waals surface area contributed by atoms with Crippen LogP contribution in [0.2, 0.25) is 5.02 Å². The van der Waals surface area contributed by atoms with Crippen LogP contribution in [0.25, 0.3) is 21.3 Å². The number of aryl methyl sites for hydroxylation is 1. The molecule has 4 nitrogen and oxygen atoms in total. The van der Waals surface area contributed by atoms with E-state index in [1.54, 1.807) is 6.92 Å². The molecule has 124 valence electrons. The third-order valence-electron chi connectivity index (χ3n) is 3.58. The van der Waals surface area contributed by atoms with Crippen LogP contribution >= 0.6 is 34.7 Å². The van der Waals surface area contributed by atoms with E-state index in [0.29, 0.717) is 32.6 Å². The quantitative estimate of drug-likeness (QED) is 0.517. The summed E-state index contributed by atoms with van der Waals surface area (Å²) in [5.74, 6) is 0.737. The van der Waals surface area contributed by atoms with E-state index in [1.807, 2.05) is 30.5 Å². The number of aromatic nitrogens is 2. The highest BCUT2D eigenvalue weighted by Crippen LogP contribution is 2.33. The third-order valence-corrected chi connectivity index (χ3v) is 5.76. The van der Waals surface area contributed by atoms with Gasteiger partial charge < -0.3 is 4.98 Å². The average Bonchev–Trinajstić information content (AvgIpc) is 2.94. The summed E-state index contributed by atoms with van der Waals surface area (Å²) in [6, 6.07) is 5.72. The molecule has 0 aliphatic carbocycles. The summed E-state index contributed by atoms with van der Waals surface area (Å²) < 4.78 is 0. The Kier molecular flexibility index (Phi) is 5.08. The van der Waals surface area contributed by atoms with E-state index >= 15 is 0 Å². The lowest BCUT2D eigenvalue weighted by Gasteiger charge is -2.04. The standard InChI is InChI=1S/C17H15ClN2O2S2/c1-9-7-11(3-4-13(9)18)12-8-24-16-14(12)15(22)19-17(20-16)23-6-5-10(2)21/h3-4,7-8H,5-6H2,1-2H3,(H,19,20,22). The number of ketones is 1. The van der Waals surface area contributed by atoms with Crippen molar-refractivity contribution in [2.75, 3.05) is 5.75 Å². The van der Waals surface area contributed by atoms with E-state index in [2.05, 4.69) is 9.97 Å². The van der Waals surface area contributed by atoms with Gasteiger partial charge in [0, 0.05) is 28.1 Å². The van der Waals surface area contributed by atoms with Crippen molar-refractivity contribution in [3.05, 3.63) is 44.5 Å². The zero-order valence-electron chi connectivity index (χ0n) is 13.2. The zero-order valence-corrected chi connectivity index (χ0v) is 15.6. The number of H-pyrrole nitrogens is 1. The first-order valence-corrected chi connectivity index (χ1v) is 9.60. The summed E-state index contributed by atoms with van der Waals surface area (Å²) in [7, 11) is 0. The molecule has 1 N–H and O–H groups in total. The third kappa shape index (κ3) is 3.55. The van der Waals surface area contributed by atoms with Crippen LogP contribution in [0.4, 0.5) is 0 Å². The van der Waals surface area contributed by atoms with E-state index in [1.165, 1.54) is 23.1 Å². The lowest BCUT2D eigenvalue weighted by molar-refractivity contribution is -0.116. The second-order valence-corrected chi connectivity index (χ2v) is 7.81. The van der Waals surface area contributed by atoms with Crippen molar-refractivity contribution in [1.82, 2.24) is 9.97 Å². The van der Waals surface area contributed by atoms with E-state index in [4.69, 9.17) is 11.6 Å². The molecule has 0 amide bonds. The van der Waals surface area contributed by atoms with Crippen LogP contribution in [-0.4, -0.2) is 21.5 Å². The molecule has 0 saturated heterocycles. The second-order valence-electron chi connectivity index (χ2n) is 5.47. The number of hydrogen-bond acceptors (Lipinski definition) is 5. The summed E-state index contributed by atoms with van der Waals surface area (Å²) in [4.78, 5) is 31.5. The van der Waals surface area contributed by atoms with Gasteiger partial charge in [-0.05, 0) is 37.1 Å². The molecule has 7 heteroatoms.